The SMILES string of the molecule is CC(C)NC(=O)CCNCCCCN(C)C(C)C. The number of hydrogen-bond acceptors (Lipinski definition) is 3. The van der Waals surface area contributed by atoms with Crippen molar-refractivity contribution in [2.24, 2.45) is 0 Å². The van der Waals surface area contributed by atoms with Crippen LogP contribution in [0.15, 0.2) is 0 Å². The van der Waals surface area contributed by atoms with E-state index in [9.17, 15) is 4.79 Å². The molecule has 0 fully saturated rings. The van der Waals surface area contributed by atoms with E-state index in [-0.39, 0.29) is 11.9 Å². The number of nitrogens with one attached hydrogen (secondary N) is 2. The summed E-state index contributed by atoms with van der Waals surface area (Å²) in [6.45, 7) is 11.3. The van der Waals surface area contributed by atoms with Crippen LogP contribution in [-0.2, 0) is 4.79 Å². The first-order valence-corrected chi connectivity index (χ1v) is 7.13. The highest BCUT2D eigenvalue weighted by atomic mass is 16.1. The summed E-state index contributed by atoms with van der Waals surface area (Å²) in [6, 6.07) is 0.863. The third-order valence-electron chi connectivity index (χ3n) is 2.97. The van der Waals surface area contributed by atoms with E-state index in [2.05, 4.69) is 36.4 Å². The van der Waals surface area contributed by atoms with Crippen LogP contribution in [0.25, 0.3) is 0 Å². The molecule has 108 valence electrons. The number of rotatable bonds is 10. The minimum Gasteiger partial charge on any atom is -0.354 e. The highest BCUT2D eigenvalue weighted by Crippen LogP contribution is 1.97. The normalized spacial score (nSPS) is 11.6. The number of carbonyl (C=O) groups is 1. The van der Waals surface area contributed by atoms with Gasteiger partial charge < -0.3 is 15.5 Å². The van der Waals surface area contributed by atoms with Gasteiger partial charge in [0, 0.05) is 25.0 Å². The van der Waals surface area contributed by atoms with Gasteiger partial charge in [0.15, 0.2) is 0 Å². The molecule has 0 saturated heterocycles. The lowest BCUT2D eigenvalue weighted by atomic mass is 10.2. The highest BCUT2D eigenvalue weighted by Gasteiger charge is 2.03. The molecule has 0 aliphatic carbocycles. The molecule has 18 heavy (non-hydrogen) atoms. The fraction of sp³-hybridized carbons (Fsp3) is 0.929. The molecule has 0 spiro atoms. The molecule has 0 rings (SSSR count). The van der Waals surface area contributed by atoms with E-state index in [0.29, 0.717) is 12.5 Å². The average molecular weight is 257 g/mol. The molecule has 0 aromatic rings. The number of nitrogens with zero attached hydrogens (tertiary/aromatic N) is 1. The first-order chi connectivity index (χ1) is 8.43. The summed E-state index contributed by atoms with van der Waals surface area (Å²) in [7, 11) is 2.16. The second kappa shape index (κ2) is 10.3. The first-order valence-electron chi connectivity index (χ1n) is 7.13. The molecule has 0 bridgehead atoms. The Labute approximate surface area is 113 Å². The maximum absolute atomic E-state index is 11.3. The van der Waals surface area contributed by atoms with Crippen LogP contribution in [0, 0.1) is 0 Å². The van der Waals surface area contributed by atoms with Crippen molar-refractivity contribution in [3.8, 4) is 0 Å². The second-order valence-electron chi connectivity index (χ2n) is 5.50. The highest BCUT2D eigenvalue weighted by molar-refractivity contribution is 5.76. The fourth-order valence-electron chi connectivity index (χ4n) is 1.59. The Morgan fingerprint density at radius 1 is 1.11 bits per heavy atom. The third kappa shape index (κ3) is 10.5. The molecule has 0 aromatic heterocycles. The van der Waals surface area contributed by atoms with Crippen molar-refractivity contribution in [2.45, 2.75) is 59.0 Å². The number of hydrogen-bond donors (Lipinski definition) is 2. The standard InChI is InChI=1S/C14H31N3O/c1-12(2)16-14(18)8-10-15-9-6-7-11-17(5)13(3)4/h12-13,15H,6-11H2,1-5H3,(H,16,18). The van der Waals surface area contributed by atoms with Crippen LogP contribution >= 0.6 is 0 Å². The van der Waals surface area contributed by atoms with Gasteiger partial charge in [-0.05, 0) is 60.7 Å². The largest absolute Gasteiger partial charge is 0.354 e. The van der Waals surface area contributed by atoms with E-state index < -0.39 is 0 Å². The number of unbranched alkanes of at least 4 members (excludes halogenated alkanes) is 1. The van der Waals surface area contributed by atoms with Gasteiger partial charge in [-0.15, -0.1) is 0 Å². The maximum Gasteiger partial charge on any atom is 0.221 e. The molecule has 0 aliphatic rings. The average Bonchev–Trinajstić information content (AvgIpc) is 2.26. The summed E-state index contributed by atoms with van der Waals surface area (Å²) in [5, 5.41) is 6.20. The van der Waals surface area contributed by atoms with Crippen molar-refractivity contribution in [3.05, 3.63) is 0 Å². The molecule has 0 heterocycles. The van der Waals surface area contributed by atoms with E-state index in [4.69, 9.17) is 0 Å². The quantitative estimate of drug-likeness (QED) is 0.584. The van der Waals surface area contributed by atoms with Crippen molar-refractivity contribution in [3.63, 3.8) is 0 Å². The Hall–Kier alpha value is -0.610. The van der Waals surface area contributed by atoms with Crippen LogP contribution in [-0.4, -0.2) is 49.6 Å². The summed E-state index contributed by atoms with van der Waals surface area (Å²) in [6.07, 6.45) is 2.95. The molecule has 0 unspecified atom stereocenters. The molecule has 4 nitrogen and oxygen atoms in total. The molecule has 2 N–H and O–H groups in total. The van der Waals surface area contributed by atoms with Gasteiger partial charge in [-0.2, -0.15) is 0 Å². The first kappa shape index (κ1) is 17.4. The van der Waals surface area contributed by atoms with Crippen LogP contribution < -0.4 is 10.6 Å². The van der Waals surface area contributed by atoms with Crippen LogP contribution in [0.3, 0.4) is 0 Å². The van der Waals surface area contributed by atoms with E-state index in [1.165, 1.54) is 12.8 Å². The van der Waals surface area contributed by atoms with Gasteiger partial charge in [0.05, 0.1) is 0 Å². The zero-order valence-corrected chi connectivity index (χ0v) is 12.8. The van der Waals surface area contributed by atoms with Crippen LogP contribution in [0.5, 0.6) is 0 Å². The lowest BCUT2D eigenvalue weighted by molar-refractivity contribution is -0.121. The Balaban J connectivity index is 3.28. The van der Waals surface area contributed by atoms with E-state index in [0.717, 1.165) is 19.6 Å². The summed E-state index contributed by atoms with van der Waals surface area (Å²) < 4.78 is 0. The Kier molecular flexibility index (Phi) is 9.98. The van der Waals surface area contributed by atoms with Gasteiger partial charge >= 0.3 is 0 Å². The molecule has 1 amide bonds. The summed E-state index contributed by atoms with van der Waals surface area (Å²) >= 11 is 0. The molecular weight excluding hydrogens is 226 g/mol. The lowest BCUT2D eigenvalue weighted by Crippen LogP contribution is -2.32. The zero-order chi connectivity index (χ0) is 14.0. The van der Waals surface area contributed by atoms with Gasteiger partial charge in [-0.1, -0.05) is 0 Å². The van der Waals surface area contributed by atoms with E-state index >= 15 is 0 Å². The summed E-state index contributed by atoms with van der Waals surface area (Å²) in [4.78, 5) is 13.7. The summed E-state index contributed by atoms with van der Waals surface area (Å²) in [5.74, 6) is 0.136. The maximum atomic E-state index is 11.3. The lowest BCUT2D eigenvalue weighted by Gasteiger charge is -2.20. The van der Waals surface area contributed by atoms with Crippen molar-refractivity contribution in [1.82, 2.24) is 15.5 Å². The minimum absolute atomic E-state index is 0.136. The monoisotopic (exact) mass is 257 g/mol. The van der Waals surface area contributed by atoms with Gasteiger partial charge in [-0.3, -0.25) is 4.79 Å². The molecule has 4 heteroatoms. The Bertz CT molecular complexity index is 217. The van der Waals surface area contributed by atoms with Crippen molar-refractivity contribution < 1.29 is 4.79 Å². The topological polar surface area (TPSA) is 44.4 Å². The number of amides is 1. The molecule has 0 atom stereocenters. The second-order valence-corrected chi connectivity index (χ2v) is 5.50. The van der Waals surface area contributed by atoms with Gasteiger partial charge in [-0.25, -0.2) is 0 Å². The van der Waals surface area contributed by atoms with Crippen LogP contribution in [0.1, 0.15) is 47.0 Å². The molecule has 0 aromatic carbocycles. The predicted molar refractivity (Wildman–Crippen MR) is 77.8 cm³/mol. The van der Waals surface area contributed by atoms with E-state index in [1.54, 1.807) is 0 Å². The van der Waals surface area contributed by atoms with Crippen molar-refractivity contribution in [1.29, 1.82) is 0 Å². The van der Waals surface area contributed by atoms with E-state index in [1.807, 2.05) is 13.8 Å². The fourth-order valence-corrected chi connectivity index (χ4v) is 1.59. The van der Waals surface area contributed by atoms with Gasteiger partial charge in [0.25, 0.3) is 0 Å². The van der Waals surface area contributed by atoms with Crippen LogP contribution in [0.2, 0.25) is 0 Å². The Morgan fingerprint density at radius 3 is 2.33 bits per heavy atom. The molecule has 0 saturated carbocycles. The third-order valence-corrected chi connectivity index (χ3v) is 2.97. The smallest absolute Gasteiger partial charge is 0.221 e. The summed E-state index contributed by atoms with van der Waals surface area (Å²) in [5.41, 5.74) is 0. The molecule has 0 radical (unpaired) electrons. The van der Waals surface area contributed by atoms with Crippen LogP contribution in [0.4, 0.5) is 0 Å². The predicted octanol–water partition coefficient (Wildman–Crippen LogP) is 1.61. The Morgan fingerprint density at radius 2 is 1.78 bits per heavy atom. The molecule has 0 aliphatic heterocycles. The molecular formula is C14H31N3O. The zero-order valence-electron chi connectivity index (χ0n) is 12.8. The van der Waals surface area contributed by atoms with Gasteiger partial charge in [0.1, 0.15) is 0 Å². The van der Waals surface area contributed by atoms with Crippen molar-refractivity contribution in [2.75, 3.05) is 26.7 Å². The van der Waals surface area contributed by atoms with Crippen molar-refractivity contribution >= 4 is 5.91 Å². The minimum atomic E-state index is 0.136. The number of carbonyl (C=O) groups excluding carboxylic acids is 1. The van der Waals surface area contributed by atoms with Gasteiger partial charge in [0.2, 0.25) is 5.91 Å².